The molecule has 0 radical (unpaired) electrons. The zero-order chi connectivity index (χ0) is 26.8. The minimum Gasteiger partial charge on any atom is -0.497 e. The smallest absolute Gasteiger partial charge is 0.274 e. The third-order valence-corrected chi connectivity index (χ3v) is 7.88. The third-order valence-electron chi connectivity index (χ3n) is 6.82. The minimum absolute atomic E-state index is 0.0743. The molecule has 2 aromatic heterocycles. The van der Waals surface area contributed by atoms with E-state index in [-0.39, 0.29) is 5.91 Å². The summed E-state index contributed by atoms with van der Waals surface area (Å²) in [7, 11) is 1.66. The van der Waals surface area contributed by atoms with Gasteiger partial charge in [0.15, 0.2) is 5.69 Å². The lowest BCUT2D eigenvalue weighted by atomic mass is 10.1. The van der Waals surface area contributed by atoms with Crippen molar-refractivity contribution in [1.82, 2.24) is 19.7 Å². The van der Waals surface area contributed by atoms with E-state index in [0.717, 1.165) is 47.0 Å². The van der Waals surface area contributed by atoms with E-state index in [1.54, 1.807) is 11.8 Å². The summed E-state index contributed by atoms with van der Waals surface area (Å²) in [4.78, 5) is 22.6. The number of carbonyl (C=O) groups is 1. The van der Waals surface area contributed by atoms with Crippen molar-refractivity contribution >= 4 is 34.5 Å². The molecule has 0 bridgehead atoms. The topological polar surface area (TPSA) is 63.5 Å². The van der Waals surface area contributed by atoms with Gasteiger partial charge in [0.2, 0.25) is 5.13 Å². The van der Waals surface area contributed by atoms with Crippen molar-refractivity contribution in [3.05, 3.63) is 101 Å². The molecule has 0 aliphatic carbocycles. The van der Waals surface area contributed by atoms with Gasteiger partial charge in [-0.15, -0.1) is 11.3 Å². The van der Waals surface area contributed by atoms with Crippen LogP contribution in [0.5, 0.6) is 5.75 Å². The number of hydrogen-bond acceptors (Lipinski definition) is 6. The van der Waals surface area contributed by atoms with Crippen LogP contribution in [0.3, 0.4) is 0 Å². The average Bonchev–Trinajstić information content (AvgIpc) is 3.66. The number of aromatic nitrogens is 3. The van der Waals surface area contributed by atoms with Crippen LogP contribution in [0, 0.1) is 0 Å². The van der Waals surface area contributed by atoms with E-state index in [0.29, 0.717) is 28.9 Å². The number of halogens is 1. The molecule has 39 heavy (non-hydrogen) atoms. The Kier molecular flexibility index (Phi) is 7.04. The van der Waals surface area contributed by atoms with E-state index >= 15 is 0 Å². The molecule has 1 aliphatic rings. The monoisotopic (exact) mass is 555 g/mol. The highest BCUT2D eigenvalue weighted by Crippen LogP contribution is 2.30. The maximum atomic E-state index is 13.6. The Morgan fingerprint density at radius 2 is 1.62 bits per heavy atom. The quantitative estimate of drug-likeness (QED) is 0.246. The second-order valence-electron chi connectivity index (χ2n) is 9.19. The first-order valence-corrected chi connectivity index (χ1v) is 13.9. The third kappa shape index (κ3) is 5.26. The molecule has 0 atom stereocenters. The second kappa shape index (κ2) is 10.9. The highest BCUT2D eigenvalue weighted by molar-refractivity contribution is 7.12. The zero-order valence-corrected chi connectivity index (χ0v) is 22.9. The number of rotatable bonds is 6. The summed E-state index contributed by atoms with van der Waals surface area (Å²) < 4.78 is 7.05. The maximum absolute atomic E-state index is 13.6. The molecule has 5 aromatic rings. The van der Waals surface area contributed by atoms with Crippen molar-refractivity contribution in [2.24, 2.45) is 0 Å². The summed E-state index contributed by atoms with van der Waals surface area (Å²) in [5.74, 6) is 0.757. The zero-order valence-electron chi connectivity index (χ0n) is 21.3. The number of benzene rings is 3. The fourth-order valence-electron chi connectivity index (χ4n) is 4.68. The van der Waals surface area contributed by atoms with Gasteiger partial charge in [-0.2, -0.15) is 5.10 Å². The number of nitrogens with zero attached hydrogens (tertiary/aromatic N) is 5. The number of amides is 1. The number of anilines is 1. The molecule has 1 fully saturated rings. The molecular formula is C30H26ClN5O2S. The van der Waals surface area contributed by atoms with E-state index in [1.807, 2.05) is 83.1 Å². The lowest BCUT2D eigenvalue weighted by molar-refractivity contribution is 0.0740. The van der Waals surface area contributed by atoms with Crippen molar-refractivity contribution in [3.63, 3.8) is 0 Å². The van der Waals surface area contributed by atoms with Gasteiger partial charge in [-0.05, 0) is 42.5 Å². The lowest BCUT2D eigenvalue weighted by Gasteiger charge is -2.35. The maximum Gasteiger partial charge on any atom is 0.274 e. The number of carbonyl (C=O) groups excluding carboxylic acids is 1. The summed E-state index contributed by atoms with van der Waals surface area (Å²) >= 11 is 7.55. The van der Waals surface area contributed by atoms with Gasteiger partial charge in [0.1, 0.15) is 5.75 Å². The summed E-state index contributed by atoms with van der Waals surface area (Å²) in [6.07, 6.45) is 0. The molecule has 7 nitrogen and oxygen atoms in total. The molecule has 1 amide bonds. The SMILES string of the molecule is COc1ccc(N2CCN(C(=O)c3cc(-c4ccccc4)n(-c4nc(-c5ccc(Cl)cc5)cs4)n3)CC2)cc1. The molecule has 196 valence electrons. The van der Waals surface area contributed by atoms with Gasteiger partial charge in [0.25, 0.3) is 5.91 Å². The molecule has 3 heterocycles. The van der Waals surface area contributed by atoms with Crippen LogP contribution in [0.15, 0.2) is 90.3 Å². The lowest BCUT2D eigenvalue weighted by Crippen LogP contribution is -2.48. The summed E-state index contributed by atoms with van der Waals surface area (Å²) in [6, 6.07) is 27.5. The molecule has 0 saturated carbocycles. The predicted octanol–water partition coefficient (Wildman–Crippen LogP) is 6.29. The Hall–Kier alpha value is -4.14. The largest absolute Gasteiger partial charge is 0.497 e. The molecule has 3 aromatic carbocycles. The van der Waals surface area contributed by atoms with Crippen LogP contribution >= 0.6 is 22.9 Å². The first-order valence-electron chi connectivity index (χ1n) is 12.6. The summed E-state index contributed by atoms with van der Waals surface area (Å²) in [6.45, 7) is 2.75. The van der Waals surface area contributed by atoms with E-state index in [9.17, 15) is 4.79 Å². The van der Waals surface area contributed by atoms with Crippen LogP contribution in [-0.2, 0) is 0 Å². The van der Waals surface area contributed by atoms with Crippen molar-refractivity contribution in [3.8, 4) is 33.4 Å². The van der Waals surface area contributed by atoms with Crippen LogP contribution < -0.4 is 9.64 Å². The van der Waals surface area contributed by atoms with Gasteiger partial charge in [-0.1, -0.05) is 54.1 Å². The molecule has 0 spiro atoms. The van der Waals surface area contributed by atoms with Crippen molar-refractivity contribution in [2.75, 3.05) is 38.2 Å². The van der Waals surface area contributed by atoms with Gasteiger partial charge in [0.05, 0.1) is 18.5 Å². The predicted molar refractivity (Wildman–Crippen MR) is 156 cm³/mol. The van der Waals surface area contributed by atoms with Crippen LogP contribution in [0.2, 0.25) is 5.02 Å². The molecule has 6 rings (SSSR count). The van der Waals surface area contributed by atoms with E-state index in [4.69, 9.17) is 26.4 Å². The molecule has 1 aliphatic heterocycles. The molecule has 1 saturated heterocycles. The van der Waals surface area contributed by atoms with Crippen LogP contribution in [0.4, 0.5) is 5.69 Å². The summed E-state index contributed by atoms with van der Waals surface area (Å²) in [5.41, 5.74) is 5.14. The van der Waals surface area contributed by atoms with Gasteiger partial charge < -0.3 is 14.5 Å². The first-order chi connectivity index (χ1) is 19.1. The fourth-order valence-corrected chi connectivity index (χ4v) is 5.61. The second-order valence-corrected chi connectivity index (χ2v) is 10.5. The molecule has 0 N–H and O–H groups in total. The highest BCUT2D eigenvalue weighted by atomic mass is 35.5. The number of ether oxygens (including phenoxy) is 1. The van der Waals surface area contributed by atoms with Gasteiger partial charge in [0, 0.05) is 53.4 Å². The van der Waals surface area contributed by atoms with Crippen LogP contribution in [0.1, 0.15) is 10.5 Å². The first kappa shape index (κ1) is 25.2. The summed E-state index contributed by atoms with van der Waals surface area (Å²) in [5, 5.41) is 8.15. The van der Waals surface area contributed by atoms with Crippen molar-refractivity contribution in [1.29, 1.82) is 0 Å². The molecule has 0 unspecified atom stereocenters. The van der Waals surface area contributed by atoms with Crippen molar-refractivity contribution in [2.45, 2.75) is 0 Å². The number of hydrogen-bond donors (Lipinski definition) is 0. The Balaban J connectivity index is 1.25. The number of methoxy groups -OCH3 is 1. The van der Waals surface area contributed by atoms with Crippen LogP contribution in [0.25, 0.3) is 27.6 Å². The fraction of sp³-hybridized carbons (Fsp3) is 0.167. The Labute approximate surface area is 235 Å². The minimum atomic E-state index is -0.0743. The van der Waals surface area contributed by atoms with E-state index in [2.05, 4.69) is 17.0 Å². The van der Waals surface area contributed by atoms with Crippen LogP contribution in [-0.4, -0.2) is 58.9 Å². The van der Waals surface area contributed by atoms with Gasteiger partial charge in [-0.25, -0.2) is 9.67 Å². The normalized spacial score (nSPS) is 13.5. The Morgan fingerprint density at radius 3 is 2.31 bits per heavy atom. The highest BCUT2D eigenvalue weighted by Gasteiger charge is 2.26. The molecular weight excluding hydrogens is 530 g/mol. The Morgan fingerprint density at radius 1 is 0.897 bits per heavy atom. The standard InChI is InChI=1S/C30H26ClN5O2S/c1-38-25-13-11-24(12-14-25)34-15-17-35(18-16-34)29(37)26-19-28(22-5-3-2-4-6-22)36(33-26)30-32-27(20-39-30)21-7-9-23(31)10-8-21/h2-14,19-20H,15-18H2,1H3. The molecule has 9 heteroatoms. The Bertz CT molecular complexity index is 1570. The number of thiazole rings is 1. The van der Waals surface area contributed by atoms with Gasteiger partial charge >= 0.3 is 0 Å². The van der Waals surface area contributed by atoms with Gasteiger partial charge in [-0.3, -0.25) is 4.79 Å². The van der Waals surface area contributed by atoms with E-state index in [1.165, 1.54) is 11.3 Å². The van der Waals surface area contributed by atoms with E-state index < -0.39 is 0 Å². The average molecular weight is 556 g/mol. The number of piperazine rings is 1. The van der Waals surface area contributed by atoms with Crippen molar-refractivity contribution < 1.29 is 9.53 Å².